The van der Waals surface area contributed by atoms with Crippen LogP contribution in [0.3, 0.4) is 0 Å². The lowest BCUT2D eigenvalue weighted by Gasteiger charge is -2.17. The van der Waals surface area contributed by atoms with E-state index in [-0.39, 0.29) is 6.04 Å². The summed E-state index contributed by atoms with van der Waals surface area (Å²) in [5.41, 5.74) is 2.49. The highest BCUT2D eigenvalue weighted by atomic mass is 15.3. The van der Waals surface area contributed by atoms with E-state index in [0.29, 0.717) is 0 Å². The Morgan fingerprint density at radius 1 is 1.25 bits per heavy atom. The molecule has 0 aliphatic carbocycles. The van der Waals surface area contributed by atoms with E-state index in [1.54, 1.807) is 6.33 Å². The molecule has 5 heteroatoms. The van der Waals surface area contributed by atoms with Crippen molar-refractivity contribution >= 4 is 5.69 Å². The van der Waals surface area contributed by atoms with Gasteiger partial charge in [-0.1, -0.05) is 12.1 Å². The van der Waals surface area contributed by atoms with Crippen molar-refractivity contribution in [3.8, 4) is 0 Å². The zero-order valence-corrected chi connectivity index (χ0v) is 12.7. The topological polar surface area (TPSA) is 46.0 Å². The van der Waals surface area contributed by atoms with Crippen molar-refractivity contribution in [1.82, 2.24) is 20.1 Å². The second kappa shape index (κ2) is 6.52. The van der Waals surface area contributed by atoms with Crippen LogP contribution in [-0.4, -0.2) is 28.9 Å². The van der Waals surface area contributed by atoms with E-state index in [1.807, 2.05) is 14.1 Å². The Kier molecular flexibility index (Phi) is 4.74. The van der Waals surface area contributed by atoms with Gasteiger partial charge in [-0.3, -0.25) is 0 Å². The zero-order valence-electron chi connectivity index (χ0n) is 12.7. The normalized spacial score (nSPS) is 12.4. The maximum atomic E-state index is 4.13. The summed E-state index contributed by atoms with van der Waals surface area (Å²) < 4.78 is 2.05. The SMILES string of the molecule is CCn1cnnc1CNC(C)c1ccc(N(C)C)cc1. The Morgan fingerprint density at radius 2 is 1.95 bits per heavy atom. The predicted octanol–water partition coefficient (Wildman–Crippen LogP) is 2.21. The number of benzene rings is 1. The van der Waals surface area contributed by atoms with Gasteiger partial charge in [-0.05, 0) is 31.5 Å². The van der Waals surface area contributed by atoms with E-state index in [9.17, 15) is 0 Å². The van der Waals surface area contributed by atoms with Crippen molar-refractivity contribution < 1.29 is 0 Å². The van der Waals surface area contributed by atoms with Crippen LogP contribution >= 0.6 is 0 Å². The fourth-order valence-corrected chi connectivity index (χ4v) is 2.10. The summed E-state index contributed by atoms with van der Waals surface area (Å²) in [6.45, 7) is 5.88. The second-order valence-electron chi connectivity index (χ2n) is 5.12. The van der Waals surface area contributed by atoms with Crippen molar-refractivity contribution in [2.24, 2.45) is 0 Å². The molecule has 0 saturated carbocycles. The van der Waals surface area contributed by atoms with E-state index in [2.05, 4.69) is 63.1 Å². The van der Waals surface area contributed by atoms with E-state index < -0.39 is 0 Å². The quantitative estimate of drug-likeness (QED) is 0.876. The molecule has 20 heavy (non-hydrogen) atoms. The molecule has 1 N–H and O–H groups in total. The third-order valence-corrected chi connectivity index (χ3v) is 3.51. The molecule has 0 aliphatic heterocycles. The Bertz CT molecular complexity index is 529. The largest absolute Gasteiger partial charge is 0.378 e. The number of aryl methyl sites for hydroxylation is 1. The molecule has 0 fully saturated rings. The van der Waals surface area contributed by atoms with Gasteiger partial charge in [0.1, 0.15) is 12.2 Å². The van der Waals surface area contributed by atoms with E-state index in [1.165, 1.54) is 11.3 Å². The van der Waals surface area contributed by atoms with E-state index in [0.717, 1.165) is 18.9 Å². The molecule has 0 radical (unpaired) electrons. The van der Waals surface area contributed by atoms with Crippen molar-refractivity contribution in [2.75, 3.05) is 19.0 Å². The van der Waals surface area contributed by atoms with Crippen molar-refractivity contribution in [3.63, 3.8) is 0 Å². The molecular formula is C15H23N5. The molecule has 1 atom stereocenters. The summed E-state index contributed by atoms with van der Waals surface area (Å²) in [5, 5.41) is 11.6. The molecule has 108 valence electrons. The highest BCUT2D eigenvalue weighted by Crippen LogP contribution is 2.17. The Labute approximate surface area is 120 Å². The third-order valence-electron chi connectivity index (χ3n) is 3.51. The van der Waals surface area contributed by atoms with Crippen LogP contribution in [0.4, 0.5) is 5.69 Å². The lowest BCUT2D eigenvalue weighted by atomic mass is 10.1. The fraction of sp³-hybridized carbons (Fsp3) is 0.467. The maximum Gasteiger partial charge on any atom is 0.146 e. The summed E-state index contributed by atoms with van der Waals surface area (Å²) in [6, 6.07) is 8.90. The van der Waals surface area contributed by atoms with Crippen molar-refractivity contribution in [3.05, 3.63) is 42.0 Å². The number of anilines is 1. The third kappa shape index (κ3) is 3.36. The first kappa shape index (κ1) is 14.5. The first-order valence-corrected chi connectivity index (χ1v) is 6.99. The van der Waals surface area contributed by atoms with Gasteiger partial charge >= 0.3 is 0 Å². The second-order valence-corrected chi connectivity index (χ2v) is 5.12. The monoisotopic (exact) mass is 273 g/mol. The molecule has 0 spiro atoms. The van der Waals surface area contributed by atoms with Crippen LogP contribution < -0.4 is 10.2 Å². The number of aromatic nitrogens is 3. The molecule has 0 aliphatic rings. The minimum absolute atomic E-state index is 0.285. The lowest BCUT2D eigenvalue weighted by Crippen LogP contribution is -2.20. The summed E-state index contributed by atoms with van der Waals surface area (Å²) >= 11 is 0. The zero-order chi connectivity index (χ0) is 14.5. The first-order valence-electron chi connectivity index (χ1n) is 6.99. The van der Waals surface area contributed by atoms with Crippen LogP contribution in [0.15, 0.2) is 30.6 Å². The molecule has 1 heterocycles. The van der Waals surface area contributed by atoms with Gasteiger partial charge in [0.05, 0.1) is 6.54 Å². The van der Waals surface area contributed by atoms with Crippen LogP contribution in [0.5, 0.6) is 0 Å². The minimum Gasteiger partial charge on any atom is -0.378 e. The summed E-state index contributed by atoms with van der Waals surface area (Å²) in [5.74, 6) is 0.976. The van der Waals surface area contributed by atoms with E-state index in [4.69, 9.17) is 0 Å². The van der Waals surface area contributed by atoms with Crippen LogP contribution in [-0.2, 0) is 13.1 Å². The standard InChI is InChI=1S/C15H23N5/c1-5-20-11-17-18-15(20)10-16-12(2)13-6-8-14(9-7-13)19(3)4/h6-9,11-12,16H,5,10H2,1-4H3. The minimum atomic E-state index is 0.285. The average molecular weight is 273 g/mol. The summed E-state index contributed by atoms with van der Waals surface area (Å²) in [6.07, 6.45) is 1.77. The number of nitrogens with zero attached hydrogens (tertiary/aromatic N) is 4. The van der Waals surface area contributed by atoms with Crippen LogP contribution in [0.1, 0.15) is 31.3 Å². The molecule has 2 aromatic rings. The van der Waals surface area contributed by atoms with Gasteiger partial charge < -0.3 is 14.8 Å². The van der Waals surface area contributed by atoms with E-state index >= 15 is 0 Å². The molecule has 2 rings (SSSR count). The Balaban J connectivity index is 1.96. The molecule has 0 saturated heterocycles. The predicted molar refractivity (Wildman–Crippen MR) is 81.7 cm³/mol. The number of hydrogen-bond donors (Lipinski definition) is 1. The van der Waals surface area contributed by atoms with Crippen LogP contribution in [0.2, 0.25) is 0 Å². The number of hydrogen-bond acceptors (Lipinski definition) is 4. The van der Waals surface area contributed by atoms with Gasteiger partial charge in [-0.2, -0.15) is 0 Å². The highest BCUT2D eigenvalue weighted by Gasteiger charge is 2.08. The number of rotatable bonds is 6. The molecule has 0 bridgehead atoms. The van der Waals surface area contributed by atoms with Gasteiger partial charge in [0.2, 0.25) is 0 Å². The summed E-state index contributed by atoms with van der Waals surface area (Å²) in [7, 11) is 4.10. The fourth-order valence-electron chi connectivity index (χ4n) is 2.10. The molecule has 1 aromatic heterocycles. The molecule has 1 unspecified atom stereocenters. The van der Waals surface area contributed by atoms with Crippen LogP contribution in [0, 0.1) is 0 Å². The molecule has 5 nitrogen and oxygen atoms in total. The van der Waals surface area contributed by atoms with Gasteiger partial charge in [0.15, 0.2) is 0 Å². The van der Waals surface area contributed by atoms with Crippen LogP contribution in [0.25, 0.3) is 0 Å². The summed E-state index contributed by atoms with van der Waals surface area (Å²) in [4.78, 5) is 2.10. The molecule has 0 amide bonds. The first-order chi connectivity index (χ1) is 9.61. The lowest BCUT2D eigenvalue weighted by molar-refractivity contribution is 0.539. The highest BCUT2D eigenvalue weighted by molar-refractivity contribution is 5.46. The van der Waals surface area contributed by atoms with Gasteiger partial charge in [0.25, 0.3) is 0 Å². The Morgan fingerprint density at radius 3 is 2.55 bits per heavy atom. The smallest absolute Gasteiger partial charge is 0.146 e. The average Bonchev–Trinajstić information content (AvgIpc) is 2.92. The maximum absolute atomic E-state index is 4.13. The van der Waals surface area contributed by atoms with Gasteiger partial charge in [-0.25, -0.2) is 0 Å². The number of nitrogens with one attached hydrogen (secondary N) is 1. The van der Waals surface area contributed by atoms with Gasteiger partial charge in [0, 0.05) is 32.4 Å². The Hall–Kier alpha value is -1.88. The van der Waals surface area contributed by atoms with Gasteiger partial charge in [-0.15, -0.1) is 10.2 Å². The molecule has 1 aromatic carbocycles. The van der Waals surface area contributed by atoms with Crippen molar-refractivity contribution in [1.29, 1.82) is 0 Å². The molecular weight excluding hydrogens is 250 g/mol. The van der Waals surface area contributed by atoms with Crippen molar-refractivity contribution in [2.45, 2.75) is 33.0 Å².